The summed E-state index contributed by atoms with van der Waals surface area (Å²) in [4.78, 5) is 7.79. The van der Waals surface area contributed by atoms with E-state index < -0.39 is 17.6 Å². The van der Waals surface area contributed by atoms with Crippen LogP contribution in [0.15, 0.2) is 30.6 Å². The van der Waals surface area contributed by atoms with Gasteiger partial charge in [0, 0.05) is 0 Å². The van der Waals surface area contributed by atoms with Crippen molar-refractivity contribution in [3.63, 3.8) is 0 Å². The van der Waals surface area contributed by atoms with Crippen molar-refractivity contribution >= 4 is 5.82 Å². The minimum atomic E-state index is -4.78. The van der Waals surface area contributed by atoms with Crippen LogP contribution in [0.5, 0.6) is 5.75 Å². The third kappa shape index (κ3) is 3.78. The average Bonchev–Trinajstić information content (AvgIpc) is 2.45. The van der Waals surface area contributed by atoms with Crippen molar-refractivity contribution < 1.29 is 22.3 Å². The first-order chi connectivity index (χ1) is 9.90. The third-order valence-electron chi connectivity index (χ3n) is 2.48. The van der Waals surface area contributed by atoms with E-state index in [-0.39, 0.29) is 12.4 Å². The van der Waals surface area contributed by atoms with E-state index in [2.05, 4.69) is 15.4 Å². The van der Waals surface area contributed by atoms with Gasteiger partial charge in [-0.15, -0.1) is 0 Å². The Morgan fingerprint density at radius 2 is 1.95 bits per heavy atom. The number of nitrogens with zero attached hydrogens (tertiary/aromatic N) is 2. The molecule has 0 saturated heterocycles. The summed E-state index contributed by atoms with van der Waals surface area (Å²) >= 11 is 0. The van der Waals surface area contributed by atoms with Crippen LogP contribution in [0.4, 0.5) is 23.4 Å². The summed E-state index contributed by atoms with van der Waals surface area (Å²) < 4.78 is 55.8. The van der Waals surface area contributed by atoms with Gasteiger partial charge in [0.2, 0.25) is 0 Å². The number of nitrogens with two attached hydrogens (primary N) is 1. The average molecular weight is 302 g/mol. The maximum absolute atomic E-state index is 13.1. The van der Waals surface area contributed by atoms with Crippen LogP contribution in [-0.4, -0.2) is 9.97 Å². The fourth-order valence-corrected chi connectivity index (χ4v) is 1.47. The molecule has 1 aromatic carbocycles. The second kappa shape index (κ2) is 5.92. The first-order valence-corrected chi connectivity index (χ1v) is 5.67. The second-order valence-corrected chi connectivity index (χ2v) is 3.97. The maximum Gasteiger partial charge on any atom is 0.419 e. The molecule has 0 unspecified atom stereocenters. The van der Waals surface area contributed by atoms with Gasteiger partial charge in [0.1, 0.15) is 18.2 Å². The number of alkyl halides is 3. The maximum atomic E-state index is 13.1. The summed E-state index contributed by atoms with van der Waals surface area (Å²) in [6.07, 6.45) is -2.09. The highest BCUT2D eigenvalue weighted by Gasteiger charge is 2.34. The van der Waals surface area contributed by atoms with Gasteiger partial charge in [0.05, 0.1) is 23.7 Å². The molecule has 0 atom stereocenters. The van der Waals surface area contributed by atoms with Crippen LogP contribution in [0, 0.1) is 5.82 Å². The van der Waals surface area contributed by atoms with E-state index in [1.165, 1.54) is 12.4 Å². The minimum absolute atomic E-state index is 0.110. The normalized spacial score (nSPS) is 11.3. The number of hydrazine groups is 1. The standard InChI is InChI=1S/C12H10F4N4O/c13-10-2-1-8(3-9(10)12(14,15)16)21-6-7-4-19-11(20-17)5-18-7/h1-5H,6,17H2,(H,19,20). The molecule has 3 N–H and O–H groups in total. The van der Waals surface area contributed by atoms with Gasteiger partial charge in [-0.1, -0.05) is 0 Å². The van der Waals surface area contributed by atoms with E-state index in [0.717, 1.165) is 6.07 Å². The zero-order valence-electron chi connectivity index (χ0n) is 10.5. The Balaban J connectivity index is 2.09. The molecule has 112 valence electrons. The molecule has 2 rings (SSSR count). The first kappa shape index (κ1) is 15.0. The van der Waals surface area contributed by atoms with Crippen LogP contribution >= 0.6 is 0 Å². The minimum Gasteiger partial charge on any atom is -0.487 e. The summed E-state index contributed by atoms with van der Waals surface area (Å²) in [5.41, 5.74) is 1.28. The van der Waals surface area contributed by atoms with Crippen LogP contribution in [0.1, 0.15) is 11.3 Å². The number of aromatic nitrogens is 2. The lowest BCUT2D eigenvalue weighted by Crippen LogP contribution is -2.10. The van der Waals surface area contributed by atoms with Crippen molar-refractivity contribution in [2.24, 2.45) is 5.84 Å². The smallest absolute Gasteiger partial charge is 0.419 e. The topological polar surface area (TPSA) is 73.1 Å². The molecule has 0 amide bonds. The van der Waals surface area contributed by atoms with Crippen LogP contribution in [0.25, 0.3) is 0 Å². The largest absolute Gasteiger partial charge is 0.487 e. The quantitative estimate of drug-likeness (QED) is 0.516. The van der Waals surface area contributed by atoms with E-state index in [0.29, 0.717) is 23.6 Å². The van der Waals surface area contributed by atoms with Gasteiger partial charge in [-0.3, -0.25) is 4.98 Å². The zero-order chi connectivity index (χ0) is 15.5. The number of halogens is 4. The fraction of sp³-hybridized carbons (Fsp3) is 0.167. The van der Waals surface area contributed by atoms with Gasteiger partial charge in [-0.2, -0.15) is 13.2 Å². The highest BCUT2D eigenvalue weighted by Crippen LogP contribution is 2.33. The van der Waals surface area contributed by atoms with Crippen LogP contribution in [0.2, 0.25) is 0 Å². The summed E-state index contributed by atoms with van der Waals surface area (Å²) in [7, 11) is 0. The number of nitrogen functional groups attached to an aromatic ring is 1. The Hall–Kier alpha value is -2.42. The van der Waals surface area contributed by atoms with Crippen LogP contribution < -0.4 is 16.0 Å². The Kier molecular flexibility index (Phi) is 4.22. The monoisotopic (exact) mass is 302 g/mol. The van der Waals surface area contributed by atoms with Gasteiger partial charge in [-0.25, -0.2) is 15.2 Å². The molecule has 0 bridgehead atoms. The lowest BCUT2D eigenvalue weighted by molar-refractivity contribution is -0.140. The first-order valence-electron chi connectivity index (χ1n) is 5.67. The number of anilines is 1. The zero-order valence-corrected chi connectivity index (χ0v) is 10.5. The Bertz CT molecular complexity index is 616. The lowest BCUT2D eigenvalue weighted by atomic mass is 10.2. The van der Waals surface area contributed by atoms with Gasteiger partial charge in [0.15, 0.2) is 5.82 Å². The molecule has 0 fully saturated rings. The van der Waals surface area contributed by atoms with E-state index in [4.69, 9.17) is 10.6 Å². The van der Waals surface area contributed by atoms with Gasteiger partial charge < -0.3 is 10.2 Å². The van der Waals surface area contributed by atoms with Crippen molar-refractivity contribution in [1.29, 1.82) is 0 Å². The highest BCUT2D eigenvalue weighted by atomic mass is 19.4. The van der Waals surface area contributed by atoms with E-state index in [1.807, 2.05) is 0 Å². The number of nitrogens with one attached hydrogen (secondary N) is 1. The van der Waals surface area contributed by atoms with Gasteiger partial charge in [0.25, 0.3) is 0 Å². The molecular formula is C12H10F4N4O. The van der Waals surface area contributed by atoms with Crippen LogP contribution in [-0.2, 0) is 12.8 Å². The molecular weight excluding hydrogens is 292 g/mol. The Labute approximate surface area is 116 Å². The number of ether oxygens (including phenoxy) is 1. The number of rotatable bonds is 4. The summed E-state index contributed by atoms with van der Waals surface area (Å²) in [5, 5.41) is 0. The van der Waals surface area contributed by atoms with E-state index >= 15 is 0 Å². The number of hydrogen-bond donors (Lipinski definition) is 2. The fourth-order valence-electron chi connectivity index (χ4n) is 1.47. The van der Waals surface area contributed by atoms with Gasteiger partial charge >= 0.3 is 6.18 Å². The van der Waals surface area contributed by atoms with Crippen molar-refractivity contribution in [3.05, 3.63) is 47.7 Å². The molecule has 0 saturated carbocycles. The summed E-state index contributed by atoms with van der Waals surface area (Å²) in [6.45, 7) is -0.110. The number of hydrogen-bond acceptors (Lipinski definition) is 5. The highest BCUT2D eigenvalue weighted by molar-refractivity contribution is 5.32. The number of benzene rings is 1. The van der Waals surface area contributed by atoms with Gasteiger partial charge in [-0.05, 0) is 18.2 Å². The Morgan fingerprint density at radius 1 is 1.19 bits per heavy atom. The molecule has 1 heterocycles. The van der Waals surface area contributed by atoms with E-state index in [9.17, 15) is 17.6 Å². The van der Waals surface area contributed by atoms with E-state index in [1.54, 1.807) is 0 Å². The molecule has 0 radical (unpaired) electrons. The predicted molar refractivity (Wildman–Crippen MR) is 65.6 cm³/mol. The molecule has 0 aliphatic rings. The second-order valence-electron chi connectivity index (χ2n) is 3.97. The summed E-state index contributed by atoms with van der Waals surface area (Å²) in [5.74, 6) is 3.97. The summed E-state index contributed by atoms with van der Waals surface area (Å²) in [6, 6.07) is 2.40. The molecule has 0 aliphatic carbocycles. The molecule has 9 heteroatoms. The van der Waals surface area contributed by atoms with Crippen molar-refractivity contribution in [3.8, 4) is 5.75 Å². The van der Waals surface area contributed by atoms with Crippen molar-refractivity contribution in [2.45, 2.75) is 12.8 Å². The predicted octanol–water partition coefficient (Wildman–Crippen LogP) is 2.50. The third-order valence-corrected chi connectivity index (χ3v) is 2.48. The Morgan fingerprint density at radius 3 is 2.52 bits per heavy atom. The van der Waals surface area contributed by atoms with Crippen molar-refractivity contribution in [2.75, 3.05) is 5.43 Å². The molecule has 2 aromatic rings. The molecule has 1 aromatic heterocycles. The molecule has 0 aliphatic heterocycles. The van der Waals surface area contributed by atoms with Crippen molar-refractivity contribution in [1.82, 2.24) is 9.97 Å². The lowest BCUT2D eigenvalue weighted by Gasteiger charge is -2.11. The van der Waals surface area contributed by atoms with Crippen LogP contribution in [0.3, 0.4) is 0 Å². The SMILES string of the molecule is NNc1cnc(COc2ccc(F)c(C(F)(F)F)c2)cn1. The molecule has 0 spiro atoms. The molecule has 5 nitrogen and oxygen atoms in total. The molecule has 21 heavy (non-hydrogen) atoms.